The van der Waals surface area contributed by atoms with E-state index in [1.165, 1.54) is 6.07 Å². The molecule has 0 saturated carbocycles. The van der Waals surface area contributed by atoms with E-state index in [4.69, 9.17) is 4.55 Å². The monoisotopic (exact) mass is 336 g/mol. The molecule has 1 fully saturated rings. The van der Waals surface area contributed by atoms with Crippen LogP contribution in [0.5, 0.6) is 0 Å². The minimum Gasteiger partial charge on any atom is -0.371 e. The first kappa shape index (κ1) is 16.1. The summed E-state index contributed by atoms with van der Waals surface area (Å²) in [6.45, 7) is 2.43. The van der Waals surface area contributed by atoms with Gasteiger partial charge in [0.25, 0.3) is 0 Å². The molecule has 8 heteroatoms. The van der Waals surface area contributed by atoms with Gasteiger partial charge in [0.2, 0.25) is 16.8 Å². The van der Waals surface area contributed by atoms with Crippen molar-refractivity contribution in [3.63, 3.8) is 0 Å². The third kappa shape index (κ3) is 3.95. The molecular formula is C15H20N4O3S. The number of anilines is 1. The second-order valence-corrected chi connectivity index (χ2v) is 6.56. The predicted octanol–water partition coefficient (Wildman–Crippen LogP) is 1.26. The fraction of sp³-hybridized carbons (Fsp3) is 0.467. The quantitative estimate of drug-likeness (QED) is 0.714. The van der Waals surface area contributed by atoms with Crippen LogP contribution in [0.3, 0.4) is 0 Å². The van der Waals surface area contributed by atoms with Crippen LogP contribution in [0.4, 0.5) is 5.69 Å². The zero-order valence-corrected chi connectivity index (χ0v) is 13.5. The van der Waals surface area contributed by atoms with Crippen LogP contribution in [0.2, 0.25) is 0 Å². The Hall–Kier alpha value is -1.77. The molecule has 0 aliphatic carbocycles. The second kappa shape index (κ2) is 7.20. The lowest BCUT2D eigenvalue weighted by molar-refractivity contribution is 0.381. The van der Waals surface area contributed by atoms with Crippen LogP contribution >= 0.6 is 0 Å². The molecule has 0 aromatic carbocycles. The van der Waals surface area contributed by atoms with Gasteiger partial charge in [-0.3, -0.25) is 9.35 Å². The van der Waals surface area contributed by atoms with Crippen LogP contribution in [-0.2, 0) is 11.3 Å². The lowest BCUT2D eigenvalue weighted by atomic mass is 9.93. The smallest absolute Gasteiger partial charge is 0.249 e. The molecule has 3 rings (SSSR count). The number of H-pyrrole nitrogens is 1. The fourth-order valence-corrected chi connectivity index (χ4v) is 3.43. The molecule has 124 valence electrons. The Labute approximate surface area is 136 Å². The largest absolute Gasteiger partial charge is 0.371 e. The number of rotatable bonds is 5. The molecule has 0 radical (unpaired) electrons. The highest BCUT2D eigenvalue weighted by molar-refractivity contribution is 7.77. The summed E-state index contributed by atoms with van der Waals surface area (Å²) in [6, 6.07) is 5.33. The van der Waals surface area contributed by atoms with Gasteiger partial charge < -0.3 is 9.88 Å². The Morgan fingerprint density at radius 3 is 2.87 bits per heavy atom. The van der Waals surface area contributed by atoms with Crippen LogP contribution in [0, 0.1) is 5.92 Å². The molecule has 0 amide bonds. The van der Waals surface area contributed by atoms with Crippen LogP contribution < -0.4 is 15.2 Å². The van der Waals surface area contributed by atoms with Crippen molar-refractivity contribution in [1.82, 2.24) is 14.7 Å². The summed E-state index contributed by atoms with van der Waals surface area (Å²) in [4.78, 5) is 20.7. The van der Waals surface area contributed by atoms with E-state index in [9.17, 15) is 9.00 Å². The van der Waals surface area contributed by atoms with Gasteiger partial charge in [0, 0.05) is 43.0 Å². The lowest BCUT2D eigenvalue weighted by Gasteiger charge is -2.34. The Morgan fingerprint density at radius 1 is 1.35 bits per heavy atom. The Bertz CT molecular complexity index is 756. The molecular weight excluding hydrogens is 316 g/mol. The number of hydrogen-bond donors (Lipinski definition) is 3. The van der Waals surface area contributed by atoms with E-state index in [1.807, 2.05) is 12.1 Å². The molecule has 1 unspecified atom stereocenters. The third-order valence-electron chi connectivity index (χ3n) is 4.34. The maximum absolute atomic E-state index is 11.4. The first-order chi connectivity index (χ1) is 11.1. The SMILES string of the molecule is O=c1ccc2c(N3CCC(CCNS(=O)O)CC3)ccnc2[nH]1. The zero-order chi connectivity index (χ0) is 16.2. The number of pyridine rings is 2. The standard InChI is InChI=1S/C15H20N4O3S/c20-14-2-1-12-13(4-7-16-15(12)18-14)19-9-5-11(6-10-19)3-8-17-23(21)22/h1-2,4,7,11,17H,3,5-6,8-10H2,(H,21,22)(H,16,18,20). The number of nitrogens with one attached hydrogen (secondary N) is 2. The van der Waals surface area contributed by atoms with Crippen molar-refractivity contribution < 1.29 is 8.76 Å². The first-order valence-electron chi connectivity index (χ1n) is 7.71. The summed E-state index contributed by atoms with van der Waals surface area (Å²) in [5, 5.41) is 0.961. The third-order valence-corrected chi connectivity index (χ3v) is 4.79. The molecule has 3 heterocycles. The Balaban J connectivity index is 1.66. The van der Waals surface area contributed by atoms with Gasteiger partial charge in [-0.25, -0.2) is 13.9 Å². The van der Waals surface area contributed by atoms with Crippen LogP contribution in [0.15, 0.2) is 29.2 Å². The molecule has 2 aromatic heterocycles. The van der Waals surface area contributed by atoms with Crippen molar-refractivity contribution in [2.75, 3.05) is 24.5 Å². The van der Waals surface area contributed by atoms with Gasteiger partial charge in [-0.05, 0) is 37.3 Å². The highest BCUT2D eigenvalue weighted by Gasteiger charge is 2.20. The maximum Gasteiger partial charge on any atom is 0.249 e. The Morgan fingerprint density at radius 2 is 2.13 bits per heavy atom. The van der Waals surface area contributed by atoms with E-state index in [-0.39, 0.29) is 5.56 Å². The van der Waals surface area contributed by atoms with Crippen LogP contribution in [-0.4, -0.2) is 38.4 Å². The average Bonchev–Trinajstić information content (AvgIpc) is 2.54. The Kier molecular flexibility index (Phi) is 5.04. The number of aromatic amines is 1. The van der Waals surface area contributed by atoms with Crippen molar-refractivity contribution in [3.05, 3.63) is 34.7 Å². The van der Waals surface area contributed by atoms with E-state index in [2.05, 4.69) is 19.6 Å². The molecule has 1 aliphatic rings. The van der Waals surface area contributed by atoms with Crippen LogP contribution in [0.25, 0.3) is 11.0 Å². The highest BCUT2D eigenvalue weighted by Crippen LogP contribution is 2.28. The summed E-state index contributed by atoms with van der Waals surface area (Å²) >= 11 is -1.92. The summed E-state index contributed by atoms with van der Waals surface area (Å²) in [7, 11) is 0. The molecule has 1 saturated heterocycles. The number of aromatic nitrogens is 2. The number of nitrogens with zero attached hydrogens (tertiary/aromatic N) is 2. The van der Waals surface area contributed by atoms with Crippen molar-refractivity contribution in [2.45, 2.75) is 19.3 Å². The lowest BCUT2D eigenvalue weighted by Crippen LogP contribution is -2.35. The second-order valence-electron chi connectivity index (χ2n) is 5.78. The predicted molar refractivity (Wildman–Crippen MR) is 90.7 cm³/mol. The summed E-state index contributed by atoms with van der Waals surface area (Å²) in [5.74, 6) is 0.565. The molecule has 2 aromatic rings. The van der Waals surface area contributed by atoms with Crippen molar-refractivity contribution in [1.29, 1.82) is 0 Å². The number of fused-ring (bicyclic) bond motifs is 1. The van der Waals surface area contributed by atoms with E-state index in [1.54, 1.807) is 6.20 Å². The van der Waals surface area contributed by atoms with Gasteiger partial charge in [0.15, 0.2) is 0 Å². The van der Waals surface area contributed by atoms with Gasteiger partial charge in [-0.15, -0.1) is 0 Å². The molecule has 3 N–H and O–H groups in total. The average molecular weight is 336 g/mol. The minimum absolute atomic E-state index is 0.144. The van der Waals surface area contributed by atoms with Crippen LogP contribution in [0.1, 0.15) is 19.3 Å². The van der Waals surface area contributed by atoms with Gasteiger partial charge >= 0.3 is 0 Å². The van der Waals surface area contributed by atoms with Gasteiger partial charge in [0.1, 0.15) is 5.65 Å². The molecule has 0 bridgehead atoms. The van der Waals surface area contributed by atoms with E-state index >= 15 is 0 Å². The van der Waals surface area contributed by atoms with E-state index in [0.29, 0.717) is 18.1 Å². The van der Waals surface area contributed by atoms with Gasteiger partial charge in [-0.2, -0.15) is 0 Å². The maximum atomic E-state index is 11.4. The molecule has 0 spiro atoms. The topological polar surface area (TPSA) is 98.3 Å². The summed E-state index contributed by atoms with van der Waals surface area (Å²) in [5.41, 5.74) is 1.57. The number of piperidine rings is 1. The van der Waals surface area contributed by atoms with Gasteiger partial charge in [0.05, 0.1) is 0 Å². The van der Waals surface area contributed by atoms with E-state index in [0.717, 1.165) is 43.4 Å². The van der Waals surface area contributed by atoms with Crippen molar-refractivity contribution >= 4 is 28.0 Å². The normalized spacial score (nSPS) is 17.5. The first-order valence-corrected chi connectivity index (χ1v) is 8.81. The minimum atomic E-state index is -1.92. The fourth-order valence-electron chi connectivity index (χ4n) is 3.13. The number of hydrogen-bond acceptors (Lipinski definition) is 4. The summed E-state index contributed by atoms with van der Waals surface area (Å²) in [6.07, 6.45) is 4.73. The summed E-state index contributed by atoms with van der Waals surface area (Å²) < 4.78 is 21.8. The molecule has 1 aliphatic heterocycles. The van der Waals surface area contributed by atoms with Crippen molar-refractivity contribution in [2.24, 2.45) is 5.92 Å². The molecule has 7 nitrogen and oxygen atoms in total. The zero-order valence-electron chi connectivity index (χ0n) is 12.7. The van der Waals surface area contributed by atoms with Crippen molar-refractivity contribution in [3.8, 4) is 0 Å². The molecule has 23 heavy (non-hydrogen) atoms. The molecule has 1 atom stereocenters. The highest BCUT2D eigenvalue weighted by atomic mass is 32.2. The van der Waals surface area contributed by atoms with Gasteiger partial charge in [-0.1, -0.05) is 0 Å². The van der Waals surface area contributed by atoms with E-state index < -0.39 is 11.3 Å².